The van der Waals surface area contributed by atoms with Crippen molar-refractivity contribution in [2.24, 2.45) is 5.92 Å². The highest BCUT2D eigenvalue weighted by atomic mass is 16.6. The van der Waals surface area contributed by atoms with Crippen LogP contribution in [0.5, 0.6) is 0 Å². The molecule has 1 heterocycles. The normalized spacial score (nSPS) is 28.2. The lowest BCUT2D eigenvalue weighted by molar-refractivity contribution is -0.169. The predicted molar refractivity (Wildman–Crippen MR) is 49.3 cm³/mol. The molecule has 74 valence electrons. The lowest BCUT2D eigenvalue weighted by Crippen LogP contribution is -2.44. The first kappa shape index (κ1) is 10.3. The summed E-state index contributed by atoms with van der Waals surface area (Å²) in [6.45, 7) is 8.19. The summed E-state index contributed by atoms with van der Waals surface area (Å²) in [5.41, 5.74) is 0.172. The summed E-state index contributed by atoms with van der Waals surface area (Å²) >= 11 is 0. The van der Waals surface area contributed by atoms with E-state index in [2.05, 4.69) is 6.58 Å². The van der Waals surface area contributed by atoms with E-state index in [1.54, 1.807) is 0 Å². The molecule has 0 aliphatic carbocycles. The van der Waals surface area contributed by atoms with Gasteiger partial charge in [-0.2, -0.15) is 0 Å². The lowest BCUT2D eigenvalue weighted by atomic mass is 9.86. The minimum atomic E-state index is -0.786. The van der Waals surface area contributed by atoms with E-state index in [4.69, 9.17) is 9.47 Å². The molecule has 1 aliphatic rings. The molecule has 0 radical (unpaired) electrons. The van der Waals surface area contributed by atoms with Crippen molar-refractivity contribution in [3.05, 3.63) is 12.2 Å². The molecule has 1 fully saturated rings. The number of carbonyl (C=O) groups excluding carboxylic acids is 1. The first-order valence-corrected chi connectivity index (χ1v) is 4.42. The Labute approximate surface area is 78.7 Å². The number of rotatable bonds is 2. The summed E-state index contributed by atoms with van der Waals surface area (Å²) in [4.78, 5) is 11.5. The molecule has 0 spiro atoms. The Morgan fingerprint density at radius 1 is 1.69 bits per heavy atom. The molecule has 1 saturated heterocycles. The van der Waals surface area contributed by atoms with E-state index in [1.807, 2.05) is 13.8 Å². The number of carbonyl (C=O) groups is 1. The Bertz CT molecular complexity index is 232. The minimum Gasteiger partial charge on any atom is -0.467 e. The van der Waals surface area contributed by atoms with Crippen LogP contribution >= 0.6 is 0 Å². The van der Waals surface area contributed by atoms with Gasteiger partial charge in [-0.3, -0.25) is 0 Å². The van der Waals surface area contributed by atoms with Gasteiger partial charge in [0.1, 0.15) is 0 Å². The Hall–Kier alpha value is -0.830. The van der Waals surface area contributed by atoms with Crippen molar-refractivity contribution in [3.8, 4) is 0 Å². The van der Waals surface area contributed by atoms with Crippen molar-refractivity contribution in [3.63, 3.8) is 0 Å². The van der Waals surface area contributed by atoms with E-state index in [9.17, 15) is 4.79 Å². The monoisotopic (exact) mass is 184 g/mol. The third kappa shape index (κ3) is 1.61. The van der Waals surface area contributed by atoms with Crippen LogP contribution in [0.25, 0.3) is 0 Å². The molecular formula is C10H16O3. The molecular weight excluding hydrogens is 168 g/mol. The molecule has 3 heteroatoms. The molecule has 13 heavy (non-hydrogen) atoms. The fraction of sp³-hybridized carbons (Fsp3) is 0.700. The van der Waals surface area contributed by atoms with Gasteiger partial charge >= 0.3 is 5.97 Å². The van der Waals surface area contributed by atoms with Crippen LogP contribution in [-0.2, 0) is 14.3 Å². The molecule has 1 aliphatic heterocycles. The van der Waals surface area contributed by atoms with E-state index in [0.717, 1.165) is 5.57 Å². The zero-order valence-electron chi connectivity index (χ0n) is 8.42. The van der Waals surface area contributed by atoms with Crippen LogP contribution in [0.2, 0.25) is 0 Å². The first-order valence-electron chi connectivity index (χ1n) is 4.42. The predicted octanol–water partition coefficient (Wildman–Crippen LogP) is 1.53. The number of hydrogen-bond acceptors (Lipinski definition) is 3. The largest absolute Gasteiger partial charge is 0.467 e. The molecule has 0 amide bonds. The fourth-order valence-electron chi connectivity index (χ4n) is 1.61. The van der Waals surface area contributed by atoms with Crippen molar-refractivity contribution >= 4 is 5.97 Å². The number of esters is 1. The van der Waals surface area contributed by atoms with Crippen LogP contribution in [0.4, 0.5) is 0 Å². The number of methoxy groups -OCH3 is 1. The average Bonchev–Trinajstić information content (AvgIpc) is 2.47. The van der Waals surface area contributed by atoms with E-state index in [0.29, 0.717) is 13.0 Å². The Morgan fingerprint density at radius 2 is 2.31 bits per heavy atom. The maximum Gasteiger partial charge on any atom is 0.338 e. The maximum atomic E-state index is 11.5. The summed E-state index contributed by atoms with van der Waals surface area (Å²) in [6.07, 6.45) is 0.581. The SMILES string of the molecule is C=C1COC(C(=O)OC)(C(C)C)C1. The third-order valence-electron chi connectivity index (χ3n) is 2.51. The highest BCUT2D eigenvalue weighted by Crippen LogP contribution is 2.36. The molecule has 0 aromatic rings. The second-order valence-corrected chi connectivity index (χ2v) is 3.75. The van der Waals surface area contributed by atoms with E-state index in [1.165, 1.54) is 7.11 Å². The zero-order valence-corrected chi connectivity index (χ0v) is 8.42. The quantitative estimate of drug-likeness (QED) is 0.482. The van der Waals surface area contributed by atoms with Crippen LogP contribution in [0.1, 0.15) is 20.3 Å². The van der Waals surface area contributed by atoms with E-state index in [-0.39, 0.29) is 11.9 Å². The van der Waals surface area contributed by atoms with Crippen molar-refractivity contribution in [2.75, 3.05) is 13.7 Å². The lowest BCUT2D eigenvalue weighted by Gasteiger charge is -2.28. The molecule has 0 aromatic heterocycles. The second-order valence-electron chi connectivity index (χ2n) is 3.75. The van der Waals surface area contributed by atoms with Gasteiger partial charge in [0.15, 0.2) is 5.60 Å². The van der Waals surface area contributed by atoms with Crippen LogP contribution in [0.3, 0.4) is 0 Å². The van der Waals surface area contributed by atoms with Gasteiger partial charge in [-0.05, 0) is 11.5 Å². The number of hydrogen-bond donors (Lipinski definition) is 0. The van der Waals surface area contributed by atoms with E-state index < -0.39 is 5.60 Å². The van der Waals surface area contributed by atoms with Gasteiger partial charge in [0.25, 0.3) is 0 Å². The molecule has 1 atom stereocenters. The van der Waals surface area contributed by atoms with Gasteiger partial charge in [0.05, 0.1) is 13.7 Å². The summed E-state index contributed by atoms with van der Waals surface area (Å²) in [5.74, 6) is -0.180. The van der Waals surface area contributed by atoms with Gasteiger partial charge < -0.3 is 9.47 Å². The summed E-state index contributed by atoms with van der Waals surface area (Å²) in [7, 11) is 1.39. The van der Waals surface area contributed by atoms with Gasteiger partial charge in [-0.15, -0.1) is 0 Å². The van der Waals surface area contributed by atoms with Gasteiger partial charge in [-0.1, -0.05) is 20.4 Å². The second kappa shape index (κ2) is 3.50. The van der Waals surface area contributed by atoms with Crippen LogP contribution < -0.4 is 0 Å². The minimum absolute atomic E-state index is 0.110. The van der Waals surface area contributed by atoms with Crippen LogP contribution in [0, 0.1) is 5.92 Å². The van der Waals surface area contributed by atoms with Crippen LogP contribution in [0.15, 0.2) is 12.2 Å². The van der Waals surface area contributed by atoms with Crippen molar-refractivity contribution < 1.29 is 14.3 Å². The van der Waals surface area contributed by atoms with Crippen molar-refractivity contribution in [1.82, 2.24) is 0 Å². The third-order valence-corrected chi connectivity index (χ3v) is 2.51. The molecule has 1 unspecified atom stereocenters. The molecule has 0 bridgehead atoms. The summed E-state index contributed by atoms with van der Waals surface area (Å²) < 4.78 is 10.2. The highest BCUT2D eigenvalue weighted by Gasteiger charge is 2.47. The molecule has 0 N–H and O–H groups in total. The van der Waals surface area contributed by atoms with Crippen LogP contribution in [-0.4, -0.2) is 25.3 Å². The average molecular weight is 184 g/mol. The molecule has 0 aromatic carbocycles. The summed E-state index contributed by atoms with van der Waals surface area (Å²) in [6, 6.07) is 0. The highest BCUT2D eigenvalue weighted by molar-refractivity contribution is 5.81. The standard InChI is InChI=1S/C10H16O3/c1-7(2)10(9(11)12-4)5-8(3)6-13-10/h7H,3,5-6H2,1-2,4H3. The van der Waals surface area contributed by atoms with Crippen molar-refractivity contribution in [1.29, 1.82) is 0 Å². The maximum absolute atomic E-state index is 11.5. The first-order chi connectivity index (χ1) is 6.03. The number of ether oxygens (including phenoxy) is 2. The fourth-order valence-corrected chi connectivity index (χ4v) is 1.61. The molecule has 0 saturated carbocycles. The Balaban J connectivity index is 2.89. The van der Waals surface area contributed by atoms with Gasteiger partial charge in [0, 0.05) is 6.42 Å². The molecule has 3 nitrogen and oxygen atoms in total. The molecule has 1 rings (SSSR count). The Kier molecular flexibility index (Phi) is 2.76. The zero-order chi connectivity index (χ0) is 10.1. The van der Waals surface area contributed by atoms with Crippen molar-refractivity contribution in [2.45, 2.75) is 25.9 Å². The van der Waals surface area contributed by atoms with E-state index >= 15 is 0 Å². The summed E-state index contributed by atoms with van der Waals surface area (Å²) in [5, 5.41) is 0. The Morgan fingerprint density at radius 3 is 2.62 bits per heavy atom. The topological polar surface area (TPSA) is 35.5 Å². The smallest absolute Gasteiger partial charge is 0.338 e. The van der Waals surface area contributed by atoms with Gasteiger partial charge in [0.2, 0.25) is 0 Å². The van der Waals surface area contributed by atoms with Gasteiger partial charge in [-0.25, -0.2) is 4.79 Å².